The van der Waals surface area contributed by atoms with Gasteiger partial charge in [0.1, 0.15) is 0 Å². The molecule has 3 fully saturated rings. The van der Waals surface area contributed by atoms with Crippen molar-refractivity contribution < 1.29 is 28.7 Å². The summed E-state index contributed by atoms with van der Waals surface area (Å²) < 4.78 is 14.8. The molecule has 0 radical (unpaired) electrons. The van der Waals surface area contributed by atoms with Gasteiger partial charge in [-0.05, 0) is 74.1 Å². The number of phenols is 1. The Morgan fingerprint density at radius 2 is 1.32 bits per heavy atom. The molecule has 2 heterocycles. The van der Waals surface area contributed by atoms with Crippen molar-refractivity contribution in [2.45, 2.75) is 32.6 Å². The summed E-state index contributed by atoms with van der Waals surface area (Å²) in [6, 6.07) is 14.0. The van der Waals surface area contributed by atoms with Crippen LogP contribution in [-0.2, 0) is 19.2 Å². The number of aryl methyl sites for hydroxylation is 2. The molecule has 2 aliphatic heterocycles. The predicted octanol–water partition coefficient (Wildman–Crippen LogP) is 6.50. The normalized spacial score (nSPS) is 27.8. The van der Waals surface area contributed by atoms with Gasteiger partial charge in [-0.15, -0.1) is 0 Å². The molecule has 0 aromatic heterocycles. The summed E-state index contributed by atoms with van der Waals surface area (Å²) in [4.78, 5) is 58.3. The Morgan fingerprint density at radius 1 is 0.750 bits per heavy atom. The fourth-order valence-corrected chi connectivity index (χ4v) is 8.02. The van der Waals surface area contributed by atoms with Crippen molar-refractivity contribution in [3.63, 3.8) is 0 Å². The van der Waals surface area contributed by atoms with Gasteiger partial charge in [-0.3, -0.25) is 19.2 Å². The Bertz CT molecular complexity index is 1840. The smallest absolute Gasteiger partial charge is 0.238 e. The second kappa shape index (κ2) is 10.3. The minimum Gasteiger partial charge on any atom is -0.505 e. The average molecular weight is 634 g/mol. The van der Waals surface area contributed by atoms with Crippen molar-refractivity contribution in [2.75, 3.05) is 9.80 Å². The van der Waals surface area contributed by atoms with Crippen LogP contribution in [0.25, 0.3) is 0 Å². The van der Waals surface area contributed by atoms with E-state index in [0.29, 0.717) is 27.0 Å². The fraction of sp³-hybridized carbons (Fsp3) is 0.294. The number of hydrogen-bond acceptors (Lipinski definition) is 5. The highest BCUT2D eigenvalue weighted by Gasteiger charge is 2.62. The number of para-hydroxylation sites is 1. The summed E-state index contributed by atoms with van der Waals surface area (Å²) in [6.07, 6.45) is 2.21. The Hall–Kier alpha value is -4.01. The van der Waals surface area contributed by atoms with Gasteiger partial charge in [0.05, 0.1) is 35.0 Å². The van der Waals surface area contributed by atoms with Crippen LogP contribution >= 0.6 is 23.2 Å². The van der Waals surface area contributed by atoms with Gasteiger partial charge >= 0.3 is 0 Å². The van der Waals surface area contributed by atoms with E-state index in [4.69, 9.17) is 23.2 Å². The quantitative estimate of drug-likeness (QED) is 0.263. The summed E-state index contributed by atoms with van der Waals surface area (Å²) >= 11 is 12.7. The summed E-state index contributed by atoms with van der Waals surface area (Å²) in [7, 11) is 0. The molecule has 1 saturated carbocycles. The van der Waals surface area contributed by atoms with Gasteiger partial charge in [-0.1, -0.05) is 59.1 Å². The van der Waals surface area contributed by atoms with Crippen molar-refractivity contribution in [3.05, 3.63) is 98.8 Å². The van der Waals surface area contributed by atoms with E-state index in [-0.39, 0.29) is 24.3 Å². The van der Waals surface area contributed by atoms with Crippen LogP contribution in [0.5, 0.6) is 5.75 Å². The lowest BCUT2D eigenvalue weighted by Gasteiger charge is -2.44. The molecule has 2 saturated heterocycles. The van der Waals surface area contributed by atoms with Crippen molar-refractivity contribution >= 4 is 58.2 Å². The summed E-state index contributed by atoms with van der Waals surface area (Å²) in [5, 5.41) is 11.7. The van der Waals surface area contributed by atoms with Crippen LogP contribution in [0.1, 0.15) is 35.4 Å². The second-order valence-electron chi connectivity index (χ2n) is 12.1. The van der Waals surface area contributed by atoms with Gasteiger partial charge in [0.15, 0.2) is 11.6 Å². The van der Waals surface area contributed by atoms with Gasteiger partial charge in [0.2, 0.25) is 23.6 Å². The van der Waals surface area contributed by atoms with E-state index in [1.165, 1.54) is 11.0 Å². The van der Waals surface area contributed by atoms with Crippen LogP contribution in [0, 0.1) is 49.3 Å². The van der Waals surface area contributed by atoms with Crippen molar-refractivity contribution in [2.24, 2.45) is 29.6 Å². The lowest BCUT2D eigenvalue weighted by molar-refractivity contribution is -0.126. The zero-order chi connectivity index (χ0) is 31.2. The minimum atomic E-state index is -0.950. The minimum absolute atomic E-state index is 0.145. The van der Waals surface area contributed by atoms with Crippen LogP contribution in [-0.4, -0.2) is 28.7 Å². The van der Waals surface area contributed by atoms with Crippen molar-refractivity contribution in [3.8, 4) is 5.75 Å². The van der Waals surface area contributed by atoms with Crippen LogP contribution in [0.15, 0.2) is 66.2 Å². The van der Waals surface area contributed by atoms with E-state index in [9.17, 15) is 28.7 Å². The molecule has 0 unspecified atom stereocenters. The Morgan fingerprint density at radius 3 is 1.91 bits per heavy atom. The van der Waals surface area contributed by atoms with E-state index in [1.807, 2.05) is 19.9 Å². The zero-order valence-electron chi connectivity index (χ0n) is 23.8. The van der Waals surface area contributed by atoms with Crippen LogP contribution in [0.2, 0.25) is 10.0 Å². The maximum absolute atomic E-state index is 14.8. The first-order valence-electron chi connectivity index (χ1n) is 14.4. The molecule has 224 valence electrons. The number of imide groups is 2. The highest BCUT2D eigenvalue weighted by Crippen LogP contribution is 2.59. The van der Waals surface area contributed by atoms with Crippen LogP contribution < -0.4 is 9.80 Å². The number of halogens is 3. The molecule has 10 heteroatoms. The van der Waals surface area contributed by atoms with Crippen molar-refractivity contribution in [1.29, 1.82) is 0 Å². The maximum Gasteiger partial charge on any atom is 0.238 e. The zero-order valence-corrected chi connectivity index (χ0v) is 25.3. The number of aromatic hydroxyl groups is 1. The summed E-state index contributed by atoms with van der Waals surface area (Å²) in [5.74, 6) is -7.95. The van der Waals surface area contributed by atoms with Crippen molar-refractivity contribution in [1.82, 2.24) is 0 Å². The number of phenolic OH excluding ortho intramolecular Hbond substituents is 1. The number of benzene rings is 3. The molecule has 4 amide bonds. The second-order valence-corrected chi connectivity index (χ2v) is 12.9. The third kappa shape index (κ3) is 4.07. The lowest BCUT2D eigenvalue weighted by atomic mass is 9.57. The molecular formula is C34H27Cl2FN2O5. The lowest BCUT2D eigenvalue weighted by Crippen LogP contribution is -2.43. The monoisotopic (exact) mass is 632 g/mol. The highest BCUT2D eigenvalue weighted by molar-refractivity contribution is 6.33. The van der Waals surface area contributed by atoms with Gasteiger partial charge < -0.3 is 5.11 Å². The predicted molar refractivity (Wildman–Crippen MR) is 163 cm³/mol. The molecule has 44 heavy (non-hydrogen) atoms. The Kier molecular flexibility index (Phi) is 6.71. The first kappa shape index (κ1) is 28.7. The number of hydrogen-bond donors (Lipinski definition) is 1. The summed E-state index contributed by atoms with van der Waals surface area (Å²) in [6.45, 7) is 3.63. The standard InChI is InChI=1S/C34H27Cl2FN2O5/c1-15-6-8-17(12-24(15)35)38-31(41)21-11-10-19-22(28(21)33(38)43)14-23-29(27(19)20-4-3-5-26(37)30(20)40)34(44)39(32(23)42)18-9-7-16(2)25(36)13-18/h3-10,12-13,21-23,27-29,40H,11,14H2,1-2H3/t21-,22+,23+,27+,28-,29+/m0/s1. The van der Waals surface area contributed by atoms with Gasteiger partial charge in [-0.2, -0.15) is 0 Å². The molecule has 7 nitrogen and oxygen atoms in total. The number of amides is 4. The van der Waals surface area contributed by atoms with Gasteiger partial charge in [0, 0.05) is 21.5 Å². The molecule has 1 N–H and O–H groups in total. The highest BCUT2D eigenvalue weighted by atomic mass is 35.5. The van der Waals surface area contributed by atoms with Crippen LogP contribution in [0.4, 0.5) is 15.8 Å². The fourth-order valence-electron chi connectivity index (χ4n) is 7.67. The number of anilines is 2. The number of carbonyl (C=O) groups excluding carboxylic acids is 4. The van der Waals surface area contributed by atoms with Gasteiger partial charge in [0.25, 0.3) is 0 Å². The third-order valence-corrected chi connectivity index (χ3v) is 10.6. The number of allylic oxidation sites excluding steroid dienone is 2. The summed E-state index contributed by atoms with van der Waals surface area (Å²) in [5.41, 5.74) is 3.09. The maximum atomic E-state index is 14.8. The average Bonchev–Trinajstić information content (AvgIpc) is 3.40. The molecule has 3 aromatic carbocycles. The van der Waals surface area contributed by atoms with E-state index in [1.54, 1.807) is 42.5 Å². The molecule has 0 bridgehead atoms. The largest absolute Gasteiger partial charge is 0.505 e. The first-order valence-corrected chi connectivity index (χ1v) is 15.2. The third-order valence-electron chi connectivity index (χ3n) is 9.83. The van der Waals surface area contributed by atoms with E-state index < -0.39 is 64.8 Å². The molecule has 7 rings (SSSR count). The topological polar surface area (TPSA) is 95.0 Å². The molecule has 0 spiro atoms. The number of carbonyl (C=O) groups is 4. The van der Waals surface area contributed by atoms with Gasteiger partial charge in [-0.25, -0.2) is 14.2 Å². The molecule has 6 atom stereocenters. The van der Waals surface area contributed by atoms with E-state index in [0.717, 1.165) is 22.1 Å². The first-order chi connectivity index (χ1) is 21.0. The molecule has 2 aliphatic carbocycles. The Balaban J connectivity index is 1.35. The molecule has 4 aliphatic rings. The number of fused-ring (bicyclic) bond motifs is 4. The number of rotatable bonds is 3. The molecule has 3 aromatic rings. The molecular weight excluding hydrogens is 606 g/mol. The van der Waals surface area contributed by atoms with E-state index in [2.05, 4.69) is 0 Å². The number of nitrogens with zero attached hydrogens (tertiary/aromatic N) is 2. The Labute approximate surface area is 262 Å². The van der Waals surface area contributed by atoms with E-state index >= 15 is 0 Å². The van der Waals surface area contributed by atoms with Crippen LogP contribution in [0.3, 0.4) is 0 Å². The SMILES string of the molecule is Cc1ccc(N2C(=O)[C@H]3[C@H](CC=C4[C@H]3C[C@H]3C(=O)N(c5ccc(C)c(Cl)c5)C(=O)[C@H]3[C@H]4c3cccc(F)c3O)C2=O)cc1Cl.